The van der Waals surface area contributed by atoms with Gasteiger partial charge in [0.1, 0.15) is 0 Å². The Hall–Kier alpha value is -1.69. The third-order valence-electron chi connectivity index (χ3n) is 3.62. The van der Waals surface area contributed by atoms with E-state index in [2.05, 4.69) is 10.6 Å². The first kappa shape index (κ1) is 15.7. The van der Waals surface area contributed by atoms with E-state index in [0.717, 1.165) is 24.3 Å². The van der Waals surface area contributed by atoms with Gasteiger partial charge < -0.3 is 15.7 Å². The molecule has 1 fully saturated rings. The van der Waals surface area contributed by atoms with E-state index in [1.807, 2.05) is 11.8 Å². The normalized spacial score (nSPS) is 15.5. The van der Waals surface area contributed by atoms with Gasteiger partial charge in [0.05, 0.1) is 5.56 Å². The first-order valence-corrected chi connectivity index (χ1v) is 8.18. The van der Waals surface area contributed by atoms with E-state index in [0.29, 0.717) is 23.7 Å². The van der Waals surface area contributed by atoms with Crippen molar-refractivity contribution in [2.45, 2.75) is 19.8 Å². The molecule has 21 heavy (non-hydrogen) atoms. The molecule has 0 aliphatic carbocycles. The number of nitrogens with one attached hydrogen (secondary N) is 2. The Morgan fingerprint density at radius 3 is 2.71 bits per heavy atom. The average Bonchev–Trinajstić information content (AvgIpc) is 2.48. The SMILES string of the molecule is Cc1ccc(NC(=O)NCC2CCSCC2)cc1C(=O)O. The first-order chi connectivity index (χ1) is 10.1. The van der Waals surface area contributed by atoms with Crippen molar-refractivity contribution in [3.8, 4) is 0 Å². The molecule has 1 heterocycles. The second-order valence-electron chi connectivity index (χ2n) is 5.23. The van der Waals surface area contributed by atoms with Crippen LogP contribution in [0, 0.1) is 12.8 Å². The summed E-state index contributed by atoms with van der Waals surface area (Å²) in [5.41, 5.74) is 1.37. The molecule has 2 amide bonds. The highest BCUT2D eigenvalue weighted by atomic mass is 32.2. The Morgan fingerprint density at radius 2 is 2.05 bits per heavy atom. The molecule has 0 unspecified atom stereocenters. The monoisotopic (exact) mass is 308 g/mol. The number of hydrogen-bond acceptors (Lipinski definition) is 3. The number of urea groups is 1. The summed E-state index contributed by atoms with van der Waals surface area (Å²) in [5.74, 6) is 1.88. The van der Waals surface area contributed by atoms with Gasteiger partial charge in [-0.2, -0.15) is 11.8 Å². The van der Waals surface area contributed by atoms with E-state index in [1.165, 1.54) is 6.07 Å². The van der Waals surface area contributed by atoms with Crippen LogP contribution in [0.25, 0.3) is 0 Å². The largest absolute Gasteiger partial charge is 0.478 e. The van der Waals surface area contributed by atoms with Crippen LogP contribution in [0.2, 0.25) is 0 Å². The maximum atomic E-state index is 11.8. The average molecular weight is 308 g/mol. The molecule has 5 nitrogen and oxygen atoms in total. The number of amides is 2. The molecule has 1 aliphatic rings. The van der Waals surface area contributed by atoms with E-state index in [4.69, 9.17) is 5.11 Å². The van der Waals surface area contributed by atoms with Crippen molar-refractivity contribution in [2.75, 3.05) is 23.4 Å². The van der Waals surface area contributed by atoms with Crippen molar-refractivity contribution in [3.05, 3.63) is 29.3 Å². The number of carboxylic acids is 1. The second kappa shape index (κ2) is 7.36. The number of hydrogen-bond donors (Lipinski definition) is 3. The molecule has 0 radical (unpaired) electrons. The fourth-order valence-electron chi connectivity index (χ4n) is 2.29. The highest BCUT2D eigenvalue weighted by Gasteiger charge is 2.15. The number of thioether (sulfide) groups is 1. The Bertz CT molecular complexity index is 528. The van der Waals surface area contributed by atoms with E-state index in [-0.39, 0.29) is 11.6 Å². The van der Waals surface area contributed by atoms with Crippen LogP contribution in [0.15, 0.2) is 18.2 Å². The van der Waals surface area contributed by atoms with Gasteiger partial charge in [0.15, 0.2) is 0 Å². The van der Waals surface area contributed by atoms with Crippen molar-refractivity contribution in [2.24, 2.45) is 5.92 Å². The molecule has 114 valence electrons. The maximum Gasteiger partial charge on any atom is 0.336 e. The van der Waals surface area contributed by atoms with Gasteiger partial charge in [0.25, 0.3) is 0 Å². The molecular formula is C15H20N2O3S. The number of benzene rings is 1. The zero-order valence-electron chi connectivity index (χ0n) is 12.0. The van der Waals surface area contributed by atoms with Crippen LogP contribution >= 0.6 is 11.8 Å². The Kier molecular flexibility index (Phi) is 5.50. The summed E-state index contributed by atoms with van der Waals surface area (Å²) in [6, 6.07) is 4.60. The number of rotatable bonds is 4. The summed E-state index contributed by atoms with van der Waals surface area (Å²) < 4.78 is 0. The number of carbonyl (C=O) groups excluding carboxylic acids is 1. The summed E-state index contributed by atoms with van der Waals surface area (Å²) in [6.45, 7) is 2.40. The highest BCUT2D eigenvalue weighted by Crippen LogP contribution is 2.22. The molecule has 1 aromatic carbocycles. The lowest BCUT2D eigenvalue weighted by Gasteiger charge is -2.21. The minimum Gasteiger partial charge on any atom is -0.478 e. The second-order valence-corrected chi connectivity index (χ2v) is 6.45. The molecule has 1 saturated heterocycles. The van der Waals surface area contributed by atoms with Crippen LogP contribution in [-0.4, -0.2) is 35.2 Å². The Labute approximate surface area is 128 Å². The van der Waals surface area contributed by atoms with Gasteiger partial charge in [-0.3, -0.25) is 0 Å². The lowest BCUT2D eigenvalue weighted by atomic mass is 10.0. The highest BCUT2D eigenvalue weighted by molar-refractivity contribution is 7.99. The third kappa shape index (κ3) is 4.67. The minimum atomic E-state index is -0.990. The molecule has 2 rings (SSSR count). The van der Waals surface area contributed by atoms with E-state index >= 15 is 0 Å². The summed E-state index contributed by atoms with van der Waals surface area (Å²) in [5, 5.41) is 14.6. The minimum absolute atomic E-state index is 0.206. The zero-order chi connectivity index (χ0) is 15.2. The Balaban J connectivity index is 1.87. The maximum absolute atomic E-state index is 11.8. The van der Waals surface area contributed by atoms with E-state index in [9.17, 15) is 9.59 Å². The predicted molar refractivity (Wildman–Crippen MR) is 85.2 cm³/mol. The summed E-state index contributed by atoms with van der Waals surface area (Å²) in [7, 11) is 0. The molecule has 3 N–H and O–H groups in total. The van der Waals surface area contributed by atoms with Gasteiger partial charge >= 0.3 is 12.0 Å². The molecule has 0 aromatic heterocycles. The van der Waals surface area contributed by atoms with Crippen molar-refractivity contribution in [1.29, 1.82) is 0 Å². The molecule has 1 aromatic rings. The van der Waals surface area contributed by atoms with Crippen LogP contribution in [0.1, 0.15) is 28.8 Å². The molecule has 0 atom stereocenters. The number of aromatic carboxylic acids is 1. The van der Waals surface area contributed by atoms with Gasteiger partial charge in [0, 0.05) is 12.2 Å². The third-order valence-corrected chi connectivity index (χ3v) is 4.67. The summed E-state index contributed by atoms with van der Waals surface area (Å²) >= 11 is 1.96. The molecule has 0 spiro atoms. The van der Waals surface area contributed by atoms with E-state index in [1.54, 1.807) is 19.1 Å². The first-order valence-electron chi connectivity index (χ1n) is 7.03. The molecule has 0 saturated carbocycles. The summed E-state index contributed by atoms with van der Waals surface area (Å²) in [6.07, 6.45) is 2.28. The van der Waals surface area contributed by atoms with Crippen molar-refractivity contribution < 1.29 is 14.7 Å². The van der Waals surface area contributed by atoms with Crippen molar-refractivity contribution in [1.82, 2.24) is 5.32 Å². The predicted octanol–water partition coefficient (Wildman–Crippen LogP) is 2.96. The molecule has 1 aliphatic heterocycles. The number of aryl methyl sites for hydroxylation is 1. The quantitative estimate of drug-likeness (QED) is 0.799. The van der Waals surface area contributed by atoms with Gasteiger partial charge in [-0.25, -0.2) is 9.59 Å². The standard InChI is InChI=1S/C15H20N2O3S/c1-10-2-3-12(8-13(10)14(18)19)17-15(20)16-9-11-4-6-21-7-5-11/h2-3,8,11H,4-7,9H2,1H3,(H,18,19)(H2,16,17,20). The number of anilines is 1. The summed E-state index contributed by atoms with van der Waals surface area (Å²) in [4.78, 5) is 22.9. The zero-order valence-corrected chi connectivity index (χ0v) is 12.8. The van der Waals surface area contributed by atoms with Gasteiger partial charge in [-0.15, -0.1) is 0 Å². The Morgan fingerprint density at radius 1 is 1.33 bits per heavy atom. The molecule has 6 heteroatoms. The van der Waals surface area contributed by atoms with Crippen LogP contribution in [0.3, 0.4) is 0 Å². The van der Waals surface area contributed by atoms with Crippen LogP contribution in [-0.2, 0) is 0 Å². The van der Waals surface area contributed by atoms with Crippen molar-refractivity contribution >= 4 is 29.4 Å². The fraction of sp³-hybridized carbons (Fsp3) is 0.467. The van der Waals surface area contributed by atoms with Gasteiger partial charge in [0.2, 0.25) is 0 Å². The fourth-order valence-corrected chi connectivity index (χ4v) is 3.50. The van der Waals surface area contributed by atoms with E-state index < -0.39 is 5.97 Å². The molecular weight excluding hydrogens is 288 g/mol. The lowest BCUT2D eigenvalue weighted by molar-refractivity contribution is 0.0696. The topological polar surface area (TPSA) is 78.4 Å². The van der Waals surface area contributed by atoms with Crippen LogP contribution < -0.4 is 10.6 Å². The van der Waals surface area contributed by atoms with Crippen LogP contribution in [0.4, 0.5) is 10.5 Å². The lowest BCUT2D eigenvalue weighted by Crippen LogP contribution is -2.34. The van der Waals surface area contributed by atoms with Gasteiger partial charge in [-0.1, -0.05) is 6.07 Å². The number of carboxylic acid groups (broad SMARTS) is 1. The number of carbonyl (C=O) groups is 2. The van der Waals surface area contributed by atoms with Gasteiger partial charge in [-0.05, 0) is 54.9 Å². The molecule has 0 bridgehead atoms. The van der Waals surface area contributed by atoms with Crippen molar-refractivity contribution in [3.63, 3.8) is 0 Å². The smallest absolute Gasteiger partial charge is 0.336 e. The van der Waals surface area contributed by atoms with Crippen LogP contribution in [0.5, 0.6) is 0 Å².